The van der Waals surface area contributed by atoms with Gasteiger partial charge >= 0.3 is 0 Å². The second kappa shape index (κ2) is 5.86. The molecule has 3 N–H and O–H groups in total. The van der Waals surface area contributed by atoms with Gasteiger partial charge in [0, 0.05) is 11.3 Å². The number of aromatic amines is 1. The summed E-state index contributed by atoms with van der Waals surface area (Å²) in [7, 11) is 0. The van der Waals surface area contributed by atoms with Crippen molar-refractivity contribution in [2.45, 2.75) is 25.1 Å². The highest BCUT2D eigenvalue weighted by Gasteiger charge is 2.20. The predicted octanol–water partition coefficient (Wildman–Crippen LogP) is -0.0447. The van der Waals surface area contributed by atoms with E-state index >= 15 is 0 Å². The zero-order valence-corrected chi connectivity index (χ0v) is 10.3. The van der Waals surface area contributed by atoms with Gasteiger partial charge in [0.25, 0.3) is 5.91 Å². The van der Waals surface area contributed by atoms with Crippen molar-refractivity contribution in [1.82, 2.24) is 20.5 Å². The van der Waals surface area contributed by atoms with Crippen LogP contribution < -0.4 is 5.32 Å². The van der Waals surface area contributed by atoms with Crippen LogP contribution in [0.4, 0.5) is 0 Å². The lowest BCUT2D eigenvalue weighted by Gasteiger charge is -2.20. The first-order valence-electron chi connectivity index (χ1n) is 4.92. The van der Waals surface area contributed by atoms with Gasteiger partial charge in [-0.2, -0.15) is 11.8 Å². The molecule has 1 aromatic heterocycles. The Morgan fingerprint density at radius 1 is 1.69 bits per heavy atom. The highest BCUT2D eigenvalue weighted by molar-refractivity contribution is 7.99. The lowest BCUT2D eigenvalue weighted by Crippen LogP contribution is -2.41. The summed E-state index contributed by atoms with van der Waals surface area (Å²) in [5.41, 5.74) is 0. The molecule has 0 bridgehead atoms. The minimum Gasteiger partial charge on any atom is -0.395 e. The molecule has 0 fully saturated rings. The van der Waals surface area contributed by atoms with E-state index in [2.05, 4.69) is 20.5 Å². The maximum absolute atomic E-state index is 11.7. The Bertz CT molecular complexity index is 351. The van der Waals surface area contributed by atoms with Crippen LogP contribution >= 0.6 is 11.8 Å². The maximum atomic E-state index is 11.7. The van der Waals surface area contributed by atoms with Crippen molar-refractivity contribution >= 4 is 17.7 Å². The lowest BCUT2D eigenvalue weighted by molar-refractivity contribution is 0.0926. The first-order valence-corrected chi connectivity index (χ1v) is 6.20. The van der Waals surface area contributed by atoms with Crippen molar-refractivity contribution in [3.63, 3.8) is 0 Å². The van der Waals surface area contributed by atoms with Gasteiger partial charge in [0.2, 0.25) is 5.82 Å². The number of aliphatic hydroxyl groups excluding tert-OH is 1. The Kier molecular flexibility index (Phi) is 4.75. The smallest absolute Gasteiger partial charge is 0.291 e. The van der Waals surface area contributed by atoms with Gasteiger partial charge in [-0.3, -0.25) is 9.89 Å². The Labute approximate surface area is 98.2 Å². The number of hydrogen-bond acceptors (Lipinski definition) is 5. The van der Waals surface area contributed by atoms with E-state index in [0.29, 0.717) is 5.82 Å². The van der Waals surface area contributed by atoms with Crippen LogP contribution in [0.3, 0.4) is 0 Å². The first-order chi connectivity index (χ1) is 7.58. The summed E-state index contributed by atoms with van der Waals surface area (Å²) < 4.78 is 0. The van der Waals surface area contributed by atoms with Crippen LogP contribution in [0.25, 0.3) is 0 Å². The molecule has 16 heavy (non-hydrogen) atoms. The average molecular weight is 244 g/mol. The molecule has 1 rings (SSSR count). The molecule has 90 valence electrons. The van der Waals surface area contributed by atoms with Crippen LogP contribution in [0.15, 0.2) is 0 Å². The number of rotatable bonds is 5. The average Bonchev–Trinajstić information content (AvgIpc) is 2.66. The van der Waals surface area contributed by atoms with Gasteiger partial charge in [-0.15, -0.1) is 5.10 Å². The van der Waals surface area contributed by atoms with E-state index in [-0.39, 0.29) is 29.6 Å². The van der Waals surface area contributed by atoms with Crippen LogP contribution in [0.1, 0.15) is 23.4 Å². The monoisotopic (exact) mass is 244 g/mol. The summed E-state index contributed by atoms with van der Waals surface area (Å²) in [5, 5.41) is 18.2. The summed E-state index contributed by atoms with van der Waals surface area (Å²) >= 11 is 1.51. The van der Waals surface area contributed by atoms with Gasteiger partial charge < -0.3 is 10.4 Å². The van der Waals surface area contributed by atoms with Gasteiger partial charge in [0.1, 0.15) is 5.82 Å². The van der Waals surface area contributed by atoms with Gasteiger partial charge in [0.05, 0.1) is 6.61 Å². The third kappa shape index (κ3) is 3.21. The molecule has 1 aromatic rings. The minimum atomic E-state index is -0.329. The topological polar surface area (TPSA) is 90.9 Å². The zero-order chi connectivity index (χ0) is 12.1. The van der Waals surface area contributed by atoms with Crippen molar-refractivity contribution in [1.29, 1.82) is 0 Å². The van der Waals surface area contributed by atoms with E-state index in [4.69, 9.17) is 5.11 Å². The Morgan fingerprint density at radius 2 is 2.38 bits per heavy atom. The molecule has 0 radical (unpaired) electrons. The van der Waals surface area contributed by atoms with E-state index in [0.717, 1.165) is 0 Å². The fourth-order valence-electron chi connectivity index (χ4n) is 1.25. The van der Waals surface area contributed by atoms with Crippen LogP contribution in [0.5, 0.6) is 0 Å². The van der Waals surface area contributed by atoms with Gasteiger partial charge in [-0.05, 0) is 20.1 Å². The van der Waals surface area contributed by atoms with E-state index in [1.165, 1.54) is 11.8 Å². The van der Waals surface area contributed by atoms with Crippen LogP contribution in [0, 0.1) is 6.92 Å². The fourth-order valence-corrected chi connectivity index (χ4v) is 1.87. The molecule has 2 atom stereocenters. The number of amides is 1. The Morgan fingerprint density at radius 3 is 2.81 bits per heavy atom. The summed E-state index contributed by atoms with van der Waals surface area (Å²) in [5.74, 6) is 0.396. The van der Waals surface area contributed by atoms with E-state index in [1.807, 2.05) is 13.2 Å². The second-order valence-electron chi connectivity index (χ2n) is 3.46. The molecule has 0 saturated carbocycles. The summed E-state index contributed by atoms with van der Waals surface area (Å²) in [6.45, 7) is 3.59. The predicted molar refractivity (Wildman–Crippen MR) is 62.4 cm³/mol. The van der Waals surface area contributed by atoms with Crippen LogP contribution in [-0.4, -0.2) is 50.3 Å². The zero-order valence-electron chi connectivity index (χ0n) is 9.52. The molecule has 2 unspecified atom stereocenters. The number of thioether (sulfide) groups is 1. The van der Waals surface area contributed by atoms with E-state index in [9.17, 15) is 4.79 Å². The van der Waals surface area contributed by atoms with Crippen LogP contribution in [-0.2, 0) is 0 Å². The minimum absolute atomic E-state index is 0.0234. The lowest BCUT2D eigenvalue weighted by atomic mass is 10.2. The van der Waals surface area contributed by atoms with Gasteiger partial charge in [-0.1, -0.05) is 0 Å². The maximum Gasteiger partial charge on any atom is 0.291 e. The standard InChI is InChI=1S/C9H16N4O2S/c1-5(7(4-14)16-3)10-9(15)8-11-6(2)12-13-8/h5,7,14H,4H2,1-3H3,(H,10,15)(H,11,12,13). The second-order valence-corrected chi connectivity index (χ2v) is 4.54. The third-order valence-corrected chi connectivity index (χ3v) is 3.36. The summed E-state index contributed by atoms with van der Waals surface area (Å²) in [6.07, 6.45) is 1.89. The number of nitrogens with one attached hydrogen (secondary N) is 2. The number of aryl methyl sites for hydroxylation is 1. The number of H-pyrrole nitrogens is 1. The fraction of sp³-hybridized carbons (Fsp3) is 0.667. The number of hydrogen-bond donors (Lipinski definition) is 3. The Hall–Kier alpha value is -1.08. The van der Waals surface area contributed by atoms with Crippen molar-refractivity contribution < 1.29 is 9.90 Å². The molecule has 0 spiro atoms. The SMILES string of the molecule is CSC(CO)C(C)NC(=O)c1n[nH]c(C)n1. The van der Waals surface area contributed by atoms with Gasteiger partial charge in [-0.25, -0.2) is 4.98 Å². The van der Waals surface area contributed by atoms with Crippen molar-refractivity contribution in [2.75, 3.05) is 12.9 Å². The molecule has 0 aliphatic carbocycles. The molecule has 0 aliphatic heterocycles. The van der Waals surface area contributed by atoms with Crippen molar-refractivity contribution in [3.05, 3.63) is 11.6 Å². The molecule has 1 amide bonds. The molecule has 0 aromatic carbocycles. The number of carbonyl (C=O) groups is 1. The summed E-state index contributed by atoms with van der Waals surface area (Å²) in [6, 6.07) is -0.133. The molecule has 0 aliphatic rings. The van der Waals surface area contributed by atoms with Crippen molar-refractivity contribution in [3.8, 4) is 0 Å². The molecule has 0 saturated heterocycles. The number of aliphatic hydroxyl groups is 1. The molecule has 6 nitrogen and oxygen atoms in total. The normalized spacial score (nSPS) is 14.5. The van der Waals surface area contributed by atoms with Gasteiger partial charge in [0.15, 0.2) is 0 Å². The quantitative estimate of drug-likeness (QED) is 0.676. The Balaban J connectivity index is 2.57. The molecular formula is C9H16N4O2S. The van der Waals surface area contributed by atoms with Crippen LogP contribution in [0.2, 0.25) is 0 Å². The van der Waals surface area contributed by atoms with Crippen molar-refractivity contribution in [2.24, 2.45) is 0 Å². The largest absolute Gasteiger partial charge is 0.395 e. The molecule has 7 heteroatoms. The first kappa shape index (κ1) is 13.0. The van der Waals surface area contributed by atoms with E-state index in [1.54, 1.807) is 6.92 Å². The molecule has 1 heterocycles. The number of nitrogens with zero attached hydrogens (tertiary/aromatic N) is 2. The number of aromatic nitrogens is 3. The molecular weight excluding hydrogens is 228 g/mol. The highest BCUT2D eigenvalue weighted by Crippen LogP contribution is 2.10. The third-order valence-electron chi connectivity index (χ3n) is 2.20. The van der Waals surface area contributed by atoms with E-state index < -0.39 is 0 Å². The highest BCUT2D eigenvalue weighted by atomic mass is 32.2. The summed E-state index contributed by atoms with van der Waals surface area (Å²) in [4.78, 5) is 15.6. The number of carbonyl (C=O) groups excluding carboxylic acids is 1.